The maximum Gasteiger partial charge on any atom is 1.00 e. The van der Waals surface area contributed by atoms with Crippen molar-refractivity contribution in [3.05, 3.63) is 41.6 Å². The molecule has 0 spiro atoms. The van der Waals surface area contributed by atoms with Gasteiger partial charge in [0.1, 0.15) is 0 Å². The van der Waals surface area contributed by atoms with E-state index in [0.717, 1.165) is 11.3 Å². The molecule has 0 unspecified atom stereocenters. The van der Waals surface area contributed by atoms with E-state index in [0.29, 0.717) is 0 Å². The Kier molecular flexibility index (Phi) is 6.96. The van der Waals surface area contributed by atoms with Crippen LogP contribution in [0.3, 0.4) is 0 Å². The Morgan fingerprint density at radius 1 is 1.27 bits per heavy atom. The van der Waals surface area contributed by atoms with E-state index in [2.05, 4.69) is 38.0 Å². The van der Waals surface area contributed by atoms with Gasteiger partial charge in [0.05, 0.1) is 0 Å². The van der Waals surface area contributed by atoms with Crippen LogP contribution in [-0.4, -0.2) is 5.71 Å². The van der Waals surface area contributed by atoms with Crippen molar-refractivity contribution in [1.82, 2.24) is 0 Å². The molecule has 1 aliphatic rings. The van der Waals surface area contributed by atoms with Crippen LogP contribution < -0.4 is 51.4 Å². The summed E-state index contributed by atoms with van der Waals surface area (Å²) >= 11 is 0. The molecule has 0 radical (unpaired) electrons. The summed E-state index contributed by atoms with van der Waals surface area (Å²) in [5.41, 5.74) is 2.36. The second-order valence-electron chi connectivity index (χ2n) is 4.37. The fraction of sp³-hybridized carbons (Fsp3) is 0.417. The molecule has 0 atom stereocenters. The van der Waals surface area contributed by atoms with Crippen LogP contribution in [0.5, 0.6) is 0 Å². The van der Waals surface area contributed by atoms with Gasteiger partial charge >= 0.3 is 51.4 Å². The van der Waals surface area contributed by atoms with Crippen LogP contribution in [-0.2, 0) is 0 Å². The van der Waals surface area contributed by atoms with Crippen LogP contribution in [0.15, 0.2) is 41.3 Å². The van der Waals surface area contributed by atoms with Crippen LogP contribution in [0.25, 0.3) is 5.32 Å². The van der Waals surface area contributed by atoms with Crippen molar-refractivity contribution >= 4 is 5.71 Å². The molecule has 1 rings (SSSR count). The van der Waals surface area contributed by atoms with Gasteiger partial charge in [-0.3, -0.25) is 4.99 Å². The number of hydrogen-bond acceptors (Lipinski definition) is 1. The first-order valence-electron chi connectivity index (χ1n) is 4.78. The van der Waals surface area contributed by atoms with Crippen molar-refractivity contribution in [3.63, 3.8) is 0 Å². The Balaban J connectivity index is 0.00000196. The van der Waals surface area contributed by atoms with Crippen LogP contribution >= 0.6 is 0 Å². The molecule has 0 aromatic carbocycles. The van der Waals surface area contributed by atoms with E-state index in [-0.39, 0.29) is 56.8 Å². The molecule has 0 N–H and O–H groups in total. The molecule has 1 aliphatic heterocycles. The average Bonchev–Trinajstić information content (AvgIpc) is 2.14. The summed E-state index contributed by atoms with van der Waals surface area (Å²) in [5, 5.41) is 3.95. The molecule has 0 bridgehead atoms. The molecule has 0 aliphatic carbocycles. The molecule has 2 nitrogen and oxygen atoms in total. The summed E-state index contributed by atoms with van der Waals surface area (Å²) in [7, 11) is 0. The Hall–Kier alpha value is 0.326. The quantitative estimate of drug-likeness (QED) is 0.469. The number of aliphatic imine (C=N–C) groups is 1. The maximum atomic E-state index is 4.43. The molecule has 0 amide bonds. The van der Waals surface area contributed by atoms with Crippen molar-refractivity contribution in [2.24, 2.45) is 10.4 Å². The number of rotatable bonds is 1. The Morgan fingerprint density at radius 3 is 2.27 bits per heavy atom. The van der Waals surface area contributed by atoms with Gasteiger partial charge in [0.15, 0.2) is 0 Å². The third kappa shape index (κ3) is 5.83. The zero-order chi connectivity index (χ0) is 10.6. The molecule has 0 saturated carbocycles. The van der Waals surface area contributed by atoms with Gasteiger partial charge in [-0.15, -0.1) is 0 Å². The first kappa shape index (κ1) is 15.3. The molecule has 3 heteroatoms. The van der Waals surface area contributed by atoms with Crippen molar-refractivity contribution < 1.29 is 51.4 Å². The largest absolute Gasteiger partial charge is 1.00 e. The maximum absolute atomic E-state index is 4.43. The molecular formula is C12H17KN2. The monoisotopic (exact) mass is 228 g/mol. The zero-order valence-electron chi connectivity index (χ0n) is 10.3. The predicted molar refractivity (Wildman–Crippen MR) is 62.3 cm³/mol. The Morgan fingerprint density at radius 2 is 1.80 bits per heavy atom. The standard InChI is InChI=1S/C12H17N2.K/c1-10(12(2,3)4)14-9-11-5-7-13-8-6-11;/h5-9H,1-4H3;/q-1;+1. The van der Waals surface area contributed by atoms with Crippen molar-refractivity contribution in [2.75, 3.05) is 0 Å². The molecule has 15 heavy (non-hydrogen) atoms. The molecular weight excluding hydrogens is 211 g/mol. The molecule has 0 aromatic rings. The average molecular weight is 228 g/mol. The van der Waals surface area contributed by atoms with Crippen LogP contribution in [0.4, 0.5) is 0 Å². The first-order valence-corrected chi connectivity index (χ1v) is 4.78. The molecule has 76 valence electrons. The normalized spacial score (nSPS) is 15.7. The van der Waals surface area contributed by atoms with E-state index >= 15 is 0 Å². The van der Waals surface area contributed by atoms with Gasteiger partial charge in [0.2, 0.25) is 0 Å². The summed E-state index contributed by atoms with van der Waals surface area (Å²) in [6.07, 6.45) is 9.31. The molecule has 1 heterocycles. The smallest absolute Gasteiger partial charge is 0.670 e. The Labute approximate surface area is 135 Å². The summed E-state index contributed by atoms with van der Waals surface area (Å²) in [6, 6.07) is 0. The fourth-order valence-electron chi connectivity index (χ4n) is 0.815. The van der Waals surface area contributed by atoms with E-state index in [1.54, 1.807) is 12.4 Å². The van der Waals surface area contributed by atoms with Gasteiger partial charge < -0.3 is 5.32 Å². The third-order valence-corrected chi connectivity index (χ3v) is 2.20. The minimum absolute atomic E-state index is 0. The zero-order valence-corrected chi connectivity index (χ0v) is 13.4. The Bertz CT molecular complexity index is 303. The van der Waals surface area contributed by atoms with Gasteiger partial charge in [0, 0.05) is 11.9 Å². The van der Waals surface area contributed by atoms with Gasteiger partial charge in [-0.2, -0.15) is 12.4 Å². The summed E-state index contributed by atoms with van der Waals surface area (Å²) < 4.78 is 0. The summed E-state index contributed by atoms with van der Waals surface area (Å²) in [4.78, 5) is 4.43. The summed E-state index contributed by atoms with van der Waals surface area (Å²) in [6.45, 7) is 8.53. The SMILES string of the molecule is CC(=NC=C1C=C[N-]C=C1)C(C)(C)C.[K+]. The van der Waals surface area contributed by atoms with Crippen molar-refractivity contribution in [1.29, 1.82) is 0 Å². The fourth-order valence-corrected chi connectivity index (χ4v) is 0.815. The third-order valence-electron chi connectivity index (χ3n) is 2.20. The van der Waals surface area contributed by atoms with Crippen molar-refractivity contribution in [3.8, 4) is 0 Å². The predicted octanol–water partition coefficient (Wildman–Crippen LogP) is 0.796. The summed E-state index contributed by atoms with van der Waals surface area (Å²) in [5.74, 6) is 0. The second-order valence-corrected chi connectivity index (χ2v) is 4.37. The number of nitrogens with zero attached hydrogens (tertiary/aromatic N) is 2. The van der Waals surface area contributed by atoms with Crippen molar-refractivity contribution in [2.45, 2.75) is 27.7 Å². The second kappa shape index (κ2) is 6.81. The van der Waals surface area contributed by atoms with E-state index in [1.807, 2.05) is 18.4 Å². The molecule has 0 fully saturated rings. The van der Waals surface area contributed by atoms with Gasteiger partial charge in [-0.05, 0) is 17.9 Å². The van der Waals surface area contributed by atoms with E-state index < -0.39 is 0 Å². The van der Waals surface area contributed by atoms with E-state index in [4.69, 9.17) is 0 Å². The molecule has 0 aromatic heterocycles. The minimum atomic E-state index is 0. The van der Waals surface area contributed by atoms with Crippen LogP contribution in [0.2, 0.25) is 0 Å². The van der Waals surface area contributed by atoms with Gasteiger partial charge in [0.25, 0.3) is 0 Å². The van der Waals surface area contributed by atoms with E-state index in [1.165, 1.54) is 0 Å². The molecule has 0 saturated heterocycles. The van der Waals surface area contributed by atoms with Crippen LogP contribution in [0.1, 0.15) is 27.7 Å². The van der Waals surface area contributed by atoms with Gasteiger partial charge in [-0.1, -0.05) is 32.9 Å². The minimum Gasteiger partial charge on any atom is -0.670 e. The topological polar surface area (TPSA) is 26.5 Å². The van der Waals surface area contributed by atoms with Gasteiger partial charge in [-0.25, -0.2) is 0 Å². The number of hydrogen-bond donors (Lipinski definition) is 0. The van der Waals surface area contributed by atoms with E-state index in [9.17, 15) is 0 Å². The number of allylic oxidation sites excluding steroid dienone is 3. The van der Waals surface area contributed by atoms with Crippen LogP contribution in [0, 0.1) is 5.41 Å². The first-order chi connectivity index (χ1) is 6.50.